The zero-order chi connectivity index (χ0) is 17.1. The molecule has 0 bridgehead atoms. The van der Waals surface area contributed by atoms with Gasteiger partial charge in [-0.2, -0.15) is 0 Å². The molecule has 0 amide bonds. The van der Waals surface area contributed by atoms with E-state index in [2.05, 4.69) is 10.1 Å². The van der Waals surface area contributed by atoms with Gasteiger partial charge in [-0.1, -0.05) is 12.1 Å². The zero-order valence-electron chi connectivity index (χ0n) is 13.3. The highest BCUT2D eigenvalue weighted by Gasteiger charge is 2.21. The summed E-state index contributed by atoms with van der Waals surface area (Å²) >= 11 is 0. The van der Waals surface area contributed by atoms with Crippen molar-refractivity contribution in [3.05, 3.63) is 63.2 Å². The fourth-order valence-electron chi connectivity index (χ4n) is 2.67. The molecule has 1 N–H and O–H groups in total. The molecule has 6 nitrogen and oxygen atoms in total. The van der Waals surface area contributed by atoms with Crippen LogP contribution in [0.3, 0.4) is 0 Å². The van der Waals surface area contributed by atoms with Gasteiger partial charge in [0.1, 0.15) is 11.4 Å². The molecular weight excluding hydrogens is 310 g/mol. The number of Topliss-reactive ketones (excluding diaryl/α,β-unsaturated/α-hetero) is 1. The molecule has 0 unspecified atom stereocenters. The van der Waals surface area contributed by atoms with E-state index in [1.165, 1.54) is 7.11 Å². The first kappa shape index (κ1) is 16.0. The average molecular weight is 327 g/mol. The van der Waals surface area contributed by atoms with Crippen LogP contribution in [-0.2, 0) is 17.7 Å². The second-order valence-corrected chi connectivity index (χ2v) is 5.60. The summed E-state index contributed by atoms with van der Waals surface area (Å²) in [5.74, 6) is 0.0815. The lowest BCUT2D eigenvalue weighted by Crippen LogP contribution is -2.18. The van der Waals surface area contributed by atoms with Gasteiger partial charge >= 0.3 is 11.6 Å². The number of aryl methyl sites for hydroxylation is 1. The first-order valence-corrected chi connectivity index (χ1v) is 7.70. The van der Waals surface area contributed by atoms with Gasteiger partial charge in [-0.25, -0.2) is 9.59 Å². The zero-order valence-corrected chi connectivity index (χ0v) is 13.3. The van der Waals surface area contributed by atoms with Gasteiger partial charge in [0, 0.05) is 19.4 Å². The standard InChI is InChI=1S/C18H17NO5/c1-23-17(21)12-7-5-11(6-8-12)10-19-14-9-13-15(20)3-2-4-16(13)24-18(14)22/h5-9,19H,2-4,10H2,1H3. The summed E-state index contributed by atoms with van der Waals surface area (Å²) in [6, 6.07) is 8.42. The summed E-state index contributed by atoms with van der Waals surface area (Å²) in [4.78, 5) is 35.3. The fraction of sp³-hybridized carbons (Fsp3) is 0.278. The van der Waals surface area contributed by atoms with Crippen LogP contribution in [0.5, 0.6) is 0 Å². The summed E-state index contributed by atoms with van der Waals surface area (Å²) in [6.45, 7) is 0.374. The topological polar surface area (TPSA) is 85.6 Å². The van der Waals surface area contributed by atoms with Crippen LogP contribution >= 0.6 is 0 Å². The summed E-state index contributed by atoms with van der Waals surface area (Å²) < 4.78 is 9.90. The highest BCUT2D eigenvalue weighted by atomic mass is 16.5. The van der Waals surface area contributed by atoms with Gasteiger partial charge in [0.2, 0.25) is 0 Å². The van der Waals surface area contributed by atoms with E-state index in [1.807, 2.05) is 0 Å². The molecule has 0 aliphatic heterocycles. The Hall–Kier alpha value is -2.89. The van der Waals surface area contributed by atoms with Crippen molar-refractivity contribution in [3.63, 3.8) is 0 Å². The van der Waals surface area contributed by atoms with E-state index < -0.39 is 11.6 Å². The number of anilines is 1. The molecule has 1 aliphatic rings. The van der Waals surface area contributed by atoms with Gasteiger partial charge < -0.3 is 14.5 Å². The first-order chi connectivity index (χ1) is 11.6. The molecule has 1 heterocycles. The molecule has 24 heavy (non-hydrogen) atoms. The van der Waals surface area contributed by atoms with Crippen LogP contribution in [0, 0.1) is 0 Å². The van der Waals surface area contributed by atoms with Crippen LogP contribution in [0.25, 0.3) is 0 Å². The quantitative estimate of drug-likeness (QED) is 0.869. The minimum absolute atomic E-state index is 0.00507. The van der Waals surface area contributed by atoms with Crippen molar-refractivity contribution in [2.24, 2.45) is 0 Å². The van der Waals surface area contributed by atoms with E-state index in [0.717, 1.165) is 5.56 Å². The first-order valence-electron chi connectivity index (χ1n) is 7.70. The summed E-state index contributed by atoms with van der Waals surface area (Å²) in [6.07, 6.45) is 1.81. The lowest BCUT2D eigenvalue weighted by Gasteiger charge is -2.14. The van der Waals surface area contributed by atoms with Crippen LogP contribution in [-0.4, -0.2) is 18.9 Å². The Bertz CT molecular complexity index is 835. The lowest BCUT2D eigenvalue weighted by atomic mass is 9.96. The van der Waals surface area contributed by atoms with Crippen molar-refractivity contribution in [2.45, 2.75) is 25.8 Å². The van der Waals surface area contributed by atoms with E-state index in [1.54, 1.807) is 30.3 Å². The molecule has 0 saturated carbocycles. The van der Waals surface area contributed by atoms with Crippen molar-refractivity contribution in [1.29, 1.82) is 0 Å². The fourth-order valence-corrected chi connectivity index (χ4v) is 2.67. The van der Waals surface area contributed by atoms with Crippen LogP contribution in [0.1, 0.15) is 44.9 Å². The van der Waals surface area contributed by atoms with E-state index in [4.69, 9.17) is 4.42 Å². The average Bonchev–Trinajstić information content (AvgIpc) is 2.60. The number of fused-ring (bicyclic) bond motifs is 1. The molecule has 2 aromatic rings. The van der Waals surface area contributed by atoms with E-state index in [-0.39, 0.29) is 11.5 Å². The van der Waals surface area contributed by atoms with Gasteiger partial charge in [-0.15, -0.1) is 0 Å². The third-order valence-electron chi connectivity index (χ3n) is 3.99. The number of rotatable bonds is 4. The van der Waals surface area contributed by atoms with E-state index in [9.17, 15) is 14.4 Å². The Morgan fingerprint density at radius 3 is 2.67 bits per heavy atom. The van der Waals surface area contributed by atoms with Crippen molar-refractivity contribution < 1.29 is 18.7 Å². The van der Waals surface area contributed by atoms with Gasteiger partial charge in [0.15, 0.2) is 5.78 Å². The number of nitrogens with one attached hydrogen (secondary N) is 1. The molecule has 0 radical (unpaired) electrons. The van der Waals surface area contributed by atoms with E-state index >= 15 is 0 Å². The second-order valence-electron chi connectivity index (χ2n) is 5.60. The van der Waals surface area contributed by atoms with Crippen LogP contribution < -0.4 is 10.9 Å². The predicted molar refractivity (Wildman–Crippen MR) is 87.4 cm³/mol. The van der Waals surface area contributed by atoms with Crippen molar-refractivity contribution in [1.82, 2.24) is 0 Å². The maximum absolute atomic E-state index is 12.0. The molecule has 6 heteroatoms. The Morgan fingerprint density at radius 1 is 1.21 bits per heavy atom. The van der Waals surface area contributed by atoms with E-state index in [0.29, 0.717) is 42.7 Å². The third-order valence-corrected chi connectivity index (χ3v) is 3.99. The van der Waals surface area contributed by atoms with Crippen molar-refractivity contribution in [2.75, 3.05) is 12.4 Å². The second kappa shape index (κ2) is 6.70. The Morgan fingerprint density at radius 2 is 1.96 bits per heavy atom. The molecule has 1 aliphatic carbocycles. The predicted octanol–water partition coefficient (Wildman–Crippen LogP) is 2.56. The molecular formula is C18H17NO5. The maximum atomic E-state index is 12.0. The molecule has 1 aromatic heterocycles. The number of carbonyl (C=O) groups excluding carboxylic acids is 2. The molecule has 0 spiro atoms. The number of ether oxygens (including phenoxy) is 1. The Labute approximate surface area is 138 Å². The number of methoxy groups -OCH3 is 1. The molecule has 1 aromatic carbocycles. The van der Waals surface area contributed by atoms with Crippen molar-refractivity contribution >= 4 is 17.4 Å². The summed E-state index contributed by atoms with van der Waals surface area (Å²) in [7, 11) is 1.33. The molecule has 3 rings (SSSR count). The van der Waals surface area contributed by atoms with Crippen LogP contribution in [0.4, 0.5) is 5.69 Å². The third kappa shape index (κ3) is 3.22. The van der Waals surface area contributed by atoms with Crippen LogP contribution in [0.2, 0.25) is 0 Å². The lowest BCUT2D eigenvalue weighted by molar-refractivity contribution is 0.0600. The van der Waals surface area contributed by atoms with Gasteiger partial charge in [-0.05, 0) is 30.2 Å². The number of hydrogen-bond acceptors (Lipinski definition) is 6. The molecule has 124 valence electrons. The van der Waals surface area contributed by atoms with Gasteiger partial charge in [-0.3, -0.25) is 4.79 Å². The van der Waals surface area contributed by atoms with Crippen LogP contribution in [0.15, 0.2) is 39.5 Å². The van der Waals surface area contributed by atoms with Gasteiger partial charge in [0.25, 0.3) is 0 Å². The molecule has 0 fully saturated rings. The largest absolute Gasteiger partial charge is 0.465 e. The minimum Gasteiger partial charge on any atom is -0.465 e. The molecule has 0 atom stereocenters. The number of carbonyl (C=O) groups is 2. The highest BCUT2D eigenvalue weighted by Crippen LogP contribution is 2.22. The Balaban J connectivity index is 1.75. The van der Waals surface area contributed by atoms with Gasteiger partial charge in [0.05, 0.1) is 18.2 Å². The number of benzene rings is 1. The SMILES string of the molecule is COC(=O)c1ccc(CNc2cc3c(oc2=O)CCCC3=O)cc1. The maximum Gasteiger partial charge on any atom is 0.359 e. The monoisotopic (exact) mass is 327 g/mol. The Kier molecular flexibility index (Phi) is 4.46. The van der Waals surface area contributed by atoms with Crippen molar-refractivity contribution in [3.8, 4) is 0 Å². The number of ketones is 1. The smallest absolute Gasteiger partial charge is 0.359 e. The minimum atomic E-state index is -0.477. The number of hydrogen-bond donors (Lipinski definition) is 1. The normalized spacial score (nSPS) is 13.3. The summed E-state index contributed by atoms with van der Waals surface area (Å²) in [5, 5.41) is 2.99. The summed E-state index contributed by atoms with van der Waals surface area (Å²) in [5.41, 5.74) is 1.62. The molecule has 0 saturated heterocycles. The number of esters is 1. The highest BCUT2D eigenvalue weighted by molar-refractivity contribution is 5.98.